The van der Waals surface area contributed by atoms with E-state index < -0.39 is 0 Å². The fourth-order valence-corrected chi connectivity index (χ4v) is 2.23. The third-order valence-electron chi connectivity index (χ3n) is 3.14. The van der Waals surface area contributed by atoms with E-state index in [0.717, 1.165) is 37.2 Å². The number of carbonyl (C=O) groups is 1. The highest BCUT2D eigenvalue weighted by Gasteiger charge is 2.14. The van der Waals surface area contributed by atoms with Crippen LogP contribution in [0.25, 0.3) is 0 Å². The standard InChI is InChI=1S/C16H20N2O2/c19-10-2-1-5-14-6-3-7-15(11-14)12-18-9-4-8-17-16(20)13-18/h3,6-7,11,19H,2,4,8-10,12-13H2,(H,17,20). The van der Waals surface area contributed by atoms with Crippen LogP contribution in [0.4, 0.5) is 0 Å². The number of nitrogens with one attached hydrogen (secondary N) is 1. The van der Waals surface area contributed by atoms with E-state index in [0.29, 0.717) is 13.0 Å². The van der Waals surface area contributed by atoms with Crippen molar-refractivity contribution in [1.29, 1.82) is 0 Å². The smallest absolute Gasteiger partial charge is 0.234 e. The van der Waals surface area contributed by atoms with Crippen LogP contribution in [0.15, 0.2) is 24.3 Å². The molecule has 0 spiro atoms. The van der Waals surface area contributed by atoms with Crippen LogP contribution < -0.4 is 5.32 Å². The van der Waals surface area contributed by atoms with E-state index >= 15 is 0 Å². The van der Waals surface area contributed by atoms with Crippen LogP contribution in [-0.4, -0.2) is 42.2 Å². The fourth-order valence-electron chi connectivity index (χ4n) is 2.23. The zero-order chi connectivity index (χ0) is 14.2. The topological polar surface area (TPSA) is 52.6 Å². The number of benzene rings is 1. The normalized spacial score (nSPS) is 15.9. The van der Waals surface area contributed by atoms with Gasteiger partial charge >= 0.3 is 0 Å². The predicted molar refractivity (Wildman–Crippen MR) is 77.9 cm³/mol. The lowest BCUT2D eigenvalue weighted by atomic mass is 10.1. The van der Waals surface area contributed by atoms with E-state index in [2.05, 4.69) is 28.1 Å². The van der Waals surface area contributed by atoms with E-state index in [1.165, 1.54) is 0 Å². The van der Waals surface area contributed by atoms with E-state index in [1.807, 2.05) is 18.2 Å². The molecule has 0 unspecified atom stereocenters. The summed E-state index contributed by atoms with van der Waals surface area (Å²) in [7, 11) is 0. The first-order valence-corrected chi connectivity index (χ1v) is 6.95. The van der Waals surface area contributed by atoms with Gasteiger partial charge in [-0.3, -0.25) is 9.69 Å². The molecule has 1 aliphatic rings. The van der Waals surface area contributed by atoms with E-state index in [-0.39, 0.29) is 12.5 Å². The summed E-state index contributed by atoms with van der Waals surface area (Å²) in [4.78, 5) is 13.7. The molecule has 1 aromatic rings. The van der Waals surface area contributed by atoms with Crippen molar-refractivity contribution in [3.05, 3.63) is 35.4 Å². The van der Waals surface area contributed by atoms with Gasteiger partial charge in [0, 0.05) is 31.6 Å². The van der Waals surface area contributed by atoms with Crippen molar-refractivity contribution in [3.8, 4) is 11.8 Å². The summed E-state index contributed by atoms with van der Waals surface area (Å²) in [5.41, 5.74) is 2.12. The molecule has 1 heterocycles. The van der Waals surface area contributed by atoms with Crippen molar-refractivity contribution in [2.45, 2.75) is 19.4 Å². The van der Waals surface area contributed by atoms with Crippen molar-refractivity contribution in [2.24, 2.45) is 0 Å². The Bertz CT molecular complexity index is 517. The number of hydrogen-bond donors (Lipinski definition) is 2. The zero-order valence-electron chi connectivity index (χ0n) is 11.6. The minimum atomic E-state index is 0.0928. The van der Waals surface area contributed by atoms with Gasteiger partial charge in [0.1, 0.15) is 0 Å². The van der Waals surface area contributed by atoms with Gasteiger partial charge in [-0.2, -0.15) is 0 Å². The van der Waals surface area contributed by atoms with Crippen LogP contribution in [0.1, 0.15) is 24.0 Å². The third kappa shape index (κ3) is 4.69. The third-order valence-corrected chi connectivity index (χ3v) is 3.14. The number of carbonyl (C=O) groups excluding carboxylic acids is 1. The monoisotopic (exact) mass is 272 g/mol. The quantitative estimate of drug-likeness (QED) is 0.798. The molecule has 106 valence electrons. The van der Waals surface area contributed by atoms with Gasteiger partial charge in [0.2, 0.25) is 5.91 Å². The molecular formula is C16H20N2O2. The van der Waals surface area contributed by atoms with Crippen molar-refractivity contribution in [3.63, 3.8) is 0 Å². The van der Waals surface area contributed by atoms with Gasteiger partial charge in [-0.05, 0) is 24.1 Å². The molecule has 1 aliphatic heterocycles. The Morgan fingerprint density at radius 1 is 1.40 bits per heavy atom. The SMILES string of the molecule is O=C1CN(Cc2cccc(C#CCCO)c2)CCCN1. The summed E-state index contributed by atoms with van der Waals surface area (Å²) < 4.78 is 0. The van der Waals surface area contributed by atoms with E-state index in [4.69, 9.17) is 5.11 Å². The average molecular weight is 272 g/mol. The Balaban J connectivity index is 2.00. The van der Waals surface area contributed by atoms with E-state index in [1.54, 1.807) is 0 Å². The Labute approximate surface area is 119 Å². The summed E-state index contributed by atoms with van der Waals surface area (Å²) in [6, 6.07) is 8.05. The molecule has 4 nitrogen and oxygen atoms in total. The number of aliphatic hydroxyl groups is 1. The first-order chi connectivity index (χ1) is 9.78. The Kier molecular flexibility index (Phi) is 5.60. The fraction of sp³-hybridized carbons (Fsp3) is 0.438. The molecule has 2 rings (SSSR count). The van der Waals surface area contributed by atoms with Crippen LogP contribution in [0, 0.1) is 11.8 Å². The van der Waals surface area contributed by atoms with Crippen molar-refractivity contribution >= 4 is 5.91 Å². The second kappa shape index (κ2) is 7.68. The summed E-state index contributed by atoms with van der Waals surface area (Å²) in [6.45, 7) is 3.01. The van der Waals surface area contributed by atoms with Crippen molar-refractivity contribution < 1.29 is 9.90 Å². The molecule has 1 aromatic carbocycles. The second-order valence-corrected chi connectivity index (χ2v) is 4.89. The summed E-state index contributed by atoms with van der Waals surface area (Å²) in [5.74, 6) is 6.06. The molecule has 1 fully saturated rings. The number of aliphatic hydroxyl groups excluding tert-OH is 1. The highest BCUT2D eigenvalue weighted by Crippen LogP contribution is 2.09. The molecule has 4 heteroatoms. The molecule has 20 heavy (non-hydrogen) atoms. The number of rotatable bonds is 3. The van der Waals surface area contributed by atoms with Crippen LogP contribution in [-0.2, 0) is 11.3 Å². The lowest BCUT2D eigenvalue weighted by Gasteiger charge is -2.18. The highest BCUT2D eigenvalue weighted by atomic mass is 16.2. The molecule has 0 aromatic heterocycles. The van der Waals surface area contributed by atoms with Crippen LogP contribution >= 0.6 is 0 Å². The molecule has 0 saturated carbocycles. The number of amides is 1. The summed E-state index contributed by atoms with van der Waals surface area (Å²) in [6.07, 6.45) is 1.48. The van der Waals surface area contributed by atoms with Gasteiger partial charge in [-0.15, -0.1) is 0 Å². The van der Waals surface area contributed by atoms with Gasteiger partial charge < -0.3 is 10.4 Å². The second-order valence-electron chi connectivity index (χ2n) is 4.89. The maximum atomic E-state index is 11.5. The van der Waals surface area contributed by atoms with Gasteiger partial charge in [-0.1, -0.05) is 24.0 Å². The van der Waals surface area contributed by atoms with Gasteiger partial charge in [0.05, 0.1) is 13.2 Å². The summed E-state index contributed by atoms with van der Waals surface area (Å²) >= 11 is 0. The predicted octanol–water partition coefficient (Wildman–Crippen LogP) is 0.742. The maximum Gasteiger partial charge on any atom is 0.234 e. The zero-order valence-corrected chi connectivity index (χ0v) is 11.6. The molecule has 0 atom stereocenters. The van der Waals surface area contributed by atoms with Gasteiger partial charge in [-0.25, -0.2) is 0 Å². The summed E-state index contributed by atoms with van der Waals surface area (Å²) in [5, 5.41) is 11.6. The van der Waals surface area contributed by atoms with Crippen molar-refractivity contribution in [2.75, 3.05) is 26.2 Å². The number of hydrogen-bond acceptors (Lipinski definition) is 3. The molecule has 1 amide bonds. The lowest BCUT2D eigenvalue weighted by Crippen LogP contribution is -2.32. The lowest BCUT2D eigenvalue weighted by molar-refractivity contribution is -0.121. The number of nitrogens with zero attached hydrogens (tertiary/aromatic N) is 1. The largest absolute Gasteiger partial charge is 0.395 e. The van der Waals surface area contributed by atoms with Crippen LogP contribution in [0.2, 0.25) is 0 Å². The minimum absolute atomic E-state index is 0.0928. The molecular weight excluding hydrogens is 252 g/mol. The van der Waals surface area contributed by atoms with Crippen LogP contribution in [0.3, 0.4) is 0 Å². The van der Waals surface area contributed by atoms with Crippen LogP contribution in [0.5, 0.6) is 0 Å². The molecule has 0 aliphatic carbocycles. The Morgan fingerprint density at radius 2 is 2.30 bits per heavy atom. The van der Waals surface area contributed by atoms with Crippen molar-refractivity contribution in [1.82, 2.24) is 10.2 Å². The molecule has 2 N–H and O–H groups in total. The van der Waals surface area contributed by atoms with Gasteiger partial charge in [0.15, 0.2) is 0 Å². The Morgan fingerprint density at radius 3 is 3.15 bits per heavy atom. The minimum Gasteiger partial charge on any atom is -0.395 e. The first kappa shape index (κ1) is 14.6. The average Bonchev–Trinajstić information content (AvgIpc) is 2.64. The van der Waals surface area contributed by atoms with Gasteiger partial charge in [0.25, 0.3) is 0 Å². The highest BCUT2D eigenvalue weighted by molar-refractivity contribution is 5.78. The molecule has 0 radical (unpaired) electrons. The first-order valence-electron chi connectivity index (χ1n) is 6.95. The molecule has 1 saturated heterocycles. The van der Waals surface area contributed by atoms with E-state index in [9.17, 15) is 4.79 Å². The maximum absolute atomic E-state index is 11.5. The Hall–Kier alpha value is -1.83. The molecule has 0 bridgehead atoms.